The SMILES string of the molecule is CCOC(=O)N(Cc1ccc(F)cc1)C1CC1. The molecule has 0 aromatic heterocycles. The van der Waals surface area contributed by atoms with E-state index >= 15 is 0 Å². The average molecular weight is 237 g/mol. The Morgan fingerprint density at radius 2 is 2.06 bits per heavy atom. The van der Waals surface area contributed by atoms with Crippen molar-refractivity contribution in [2.75, 3.05) is 6.61 Å². The summed E-state index contributed by atoms with van der Waals surface area (Å²) in [5.41, 5.74) is 0.923. The van der Waals surface area contributed by atoms with E-state index in [-0.39, 0.29) is 11.9 Å². The number of hydrogen-bond acceptors (Lipinski definition) is 2. The molecule has 1 saturated carbocycles. The number of hydrogen-bond donors (Lipinski definition) is 0. The van der Waals surface area contributed by atoms with Gasteiger partial charge in [0.1, 0.15) is 5.82 Å². The third kappa shape index (κ3) is 3.19. The third-order valence-corrected chi connectivity index (χ3v) is 2.76. The molecule has 3 nitrogen and oxygen atoms in total. The van der Waals surface area contributed by atoms with Gasteiger partial charge in [0.25, 0.3) is 0 Å². The Morgan fingerprint density at radius 3 is 2.59 bits per heavy atom. The fourth-order valence-corrected chi connectivity index (χ4v) is 1.72. The van der Waals surface area contributed by atoms with E-state index in [4.69, 9.17) is 4.74 Å². The molecule has 0 atom stereocenters. The minimum Gasteiger partial charge on any atom is -0.450 e. The number of benzene rings is 1. The van der Waals surface area contributed by atoms with Crippen molar-refractivity contribution >= 4 is 6.09 Å². The lowest BCUT2D eigenvalue weighted by Gasteiger charge is -2.21. The lowest BCUT2D eigenvalue weighted by Crippen LogP contribution is -2.33. The predicted octanol–water partition coefficient (Wildman–Crippen LogP) is 2.95. The maximum Gasteiger partial charge on any atom is 0.410 e. The number of rotatable bonds is 4. The van der Waals surface area contributed by atoms with Crippen LogP contribution in [0.1, 0.15) is 25.3 Å². The molecule has 0 unspecified atom stereocenters. The van der Waals surface area contributed by atoms with Gasteiger partial charge in [0.15, 0.2) is 0 Å². The second kappa shape index (κ2) is 5.17. The van der Waals surface area contributed by atoms with E-state index in [2.05, 4.69) is 0 Å². The molecule has 1 aromatic rings. The van der Waals surface area contributed by atoms with Gasteiger partial charge in [-0.2, -0.15) is 0 Å². The Bertz CT molecular complexity index is 387. The van der Waals surface area contributed by atoms with Crippen molar-refractivity contribution in [2.45, 2.75) is 32.4 Å². The molecule has 0 heterocycles. The Kier molecular flexibility index (Phi) is 3.61. The van der Waals surface area contributed by atoms with Crippen LogP contribution in [0.4, 0.5) is 9.18 Å². The fourth-order valence-electron chi connectivity index (χ4n) is 1.72. The Balaban J connectivity index is 2.02. The van der Waals surface area contributed by atoms with E-state index in [0.717, 1.165) is 18.4 Å². The molecule has 17 heavy (non-hydrogen) atoms. The molecule has 1 aliphatic rings. The summed E-state index contributed by atoms with van der Waals surface area (Å²) in [6.45, 7) is 2.66. The first kappa shape index (κ1) is 11.9. The van der Waals surface area contributed by atoms with Gasteiger partial charge in [0, 0.05) is 12.6 Å². The van der Waals surface area contributed by atoms with E-state index in [9.17, 15) is 9.18 Å². The monoisotopic (exact) mass is 237 g/mol. The van der Waals surface area contributed by atoms with Gasteiger partial charge in [0.05, 0.1) is 6.61 Å². The van der Waals surface area contributed by atoms with E-state index in [1.807, 2.05) is 0 Å². The topological polar surface area (TPSA) is 29.5 Å². The van der Waals surface area contributed by atoms with Crippen LogP contribution in [-0.4, -0.2) is 23.6 Å². The van der Waals surface area contributed by atoms with Crippen LogP contribution in [0, 0.1) is 5.82 Å². The summed E-state index contributed by atoms with van der Waals surface area (Å²) in [4.78, 5) is 13.4. The van der Waals surface area contributed by atoms with Crippen molar-refractivity contribution < 1.29 is 13.9 Å². The number of halogens is 1. The largest absolute Gasteiger partial charge is 0.450 e. The molecule has 92 valence electrons. The molecule has 0 bridgehead atoms. The number of nitrogens with zero attached hydrogens (tertiary/aromatic N) is 1. The van der Waals surface area contributed by atoms with Crippen LogP contribution in [0.2, 0.25) is 0 Å². The number of carbonyl (C=O) groups excluding carboxylic acids is 1. The molecule has 2 rings (SSSR count). The smallest absolute Gasteiger partial charge is 0.410 e. The average Bonchev–Trinajstić information content (AvgIpc) is 3.12. The third-order valence-electron chi connectivity index (χ3n) is 2.76. The molecule has 0 saturated heterocycles. The lowest BCUT2D eigenvalue weighted by molar-refractivity contribution is 0.102. The van der Waals surface area contributed by atoms with Gasteiger partial charge in [0.2, 0.25) is 0 Å². The first-order chi connectivity index (χ1) is 8.20. The summed E-state index contributed by atoms with van der Waals surface area (Å²) in [7, 11) is 0. The molecular formula is C13H16FNO2. The summed E-state index contributed by atoms with van der Waals surface area (Å²) >= 11 is 0. The Hall–Kier alpha value is -1.58. The predicted molar refractivity (Wildman–Crippen MR) is 62.0 cm³/mol. The van der Waals surface area contributed by atoms with Crippen molar-refractivity contribution in [3.63, 3.8) is 0 Å². The van der Waals surface area contributed by atoms with E-state index in [0.29, 0.717) is 19.2 Å². The highest BCUT2D eigenvalue weighted by Crippen LogP contribution is 2.28. The molecule has 1 fully saturated rings. The van der Waals surface area contributed by atoms with Crippen LogP contribution in [-0.2, 0) is 11.3 Å². The first-order valence-electron chi connectivity index (χ1n) is 5.88. The number of carbonyl (C=O) groups is 1. The van der Waals surface area contributed by atoms with Crippen molar-refractivity contribution in [1.29, 1.82) is 0 Å². The van der Waals surface area contributed by atoms with Gasteiger partial charge in [-0.1, -0.05) is 12.1 Å². The van der Waals surface area contributed by atoms with E-state index < -0.39 is 0 Å². The second-order valence-electron chi connectivity index (χ2n) is 4.18. The first-order valence-corrected chi connectivity index (χ1v) is 5.88. The molecule has 4 heteroatoms. The molecule has 0 N–H and O–H groups in total. The molecule has 1 aromatic carbocycles. The summed E-state index contributed by atoms with van der Waals surface area (Å²) in [5, 5.41) is 0. The van der Waals surface area contributed by atoms with Crippen molar-refractivity contribution in [2.24, 2.45) is 0 Å². The standard InChI is InChI=1S/C13H16FNO2/c1-2-17-13(16)15(12-7-8-12)9-10-3-5-11(14)6-4-10/h3-6,12H,2,7-9H2,1H3. The quantitative estimate of drug-likeness (QED) is 0.805. The van der Waals surface area contributed by atoms with Crippen LogP contribution in [0.25, 0.3) is 0 Å². The minimum absolute atomic E-state index is 0.261. The summed E-state index contributed by atoms with van der Waals surface area (Å²) in [5.74, 6) is -0.261. The zero-order chi connectivity index (χ0) is 12.3. The van der Waals surface area contributed by atoms with E-state index in [1.165, 1.54) is 12.1 Å². The van der Waals surface area contributed by atoms with Crippen LogP contribution in [0.3, 0.4) is 0 Å². The molecular weight excluding hydrogens is 221 g/mol. The highest BCUT2D eigenvalue weighted by molar-refractivity contribution is 5.68. The van der Waals surface area contributed by atoms with Crippen LogP contribution < -0.4 is 0 Å². The molecule has 1 aliphatic carbocycles. The van der Waals surface area contributed by atoms with Gasteiger partial charge in [-0.15, -0.1) is 0 Å². The molecule has 0 spiro atoms. The van der Waals surface area contributed by atoms with Gasteiger partial charge < -0.3 is 9.64 Å². The minimum atomic E-state index is -0.278. The highest BCUT2D eigenvalue weighted by atomic mass is 19.1. The number of ether oxygens (including phenoxy) is 1. The highest BCUT2D eigenvalue weighted by Gasteiger charge is 2.33. The molecule has 1 amide bonds. The Morgan fingerprint density at radius 1 is 1.41 bits per heavy atom. The van der Waals surface area contributed by atoms with E-state index in [1.54, 1.807) is 24.0 Å². The van der Waals surface area contributed by atoms with Crippen LogP contribution in [0.5, 0.6) is 0 Å². The van der Waals surface area contributed by atoms with Gasteiger partial charge >= 0.3 is 6.09 Å². The van der Waals surface area contributed by atoms with Gasteiger partial charge in [-0.05, 0) is 37.5 Å². The maximum atomic E-state index is 12.8. The zero-order valence-electron chi connectivity index (χ0n) is 9.86. The van der Waals surface area contributed by atoms with Crippen molar-refractivity contribution in [3.8, 4) is 0 Å². The molecule has 0 aliphatic heterocycles. The van der Waals surface area contributed by atoms with Gasteiger partial charge in [-0.25, -0.2) is 9.18 Å². The number of amides is 1. The lowest BCUT2D eigenvalue weighted by atomic mass is 10.2. The van der Waals surface area contributed by atoms with Crippen molar-refractivity contribution in [1.82, 2.24) is 4.90 Å². The summed E-state index contributed by atoms with van der Waals surface area (Å²) in [6, 6.07) is 6.50. The van der Waals surface area contributed by atoms with Crippen molar-refractivity contribution in [3.05, 3.63) is 35.6 Å². The van der Waals surface area contributed by atoms with Crippen LogP contribution >= 0.6 is 0 Å². The van der Waals surface area contributed by atoms with Gasteiger partial charge in [-0.3, -0.25) is 0 Å². The fraction of sp³-hybridized carbons (Fsp3) is 0.462. The summed E-state index contributed by atoms with van der Waals surface area (Å²) in [6.07, 6.45) is 1.78. The zero-order valence-corrected chi connectivity index (χ0v) is 9.86. The van der Waals surface area contributed by atoms with Crippen LogP contribution in [0.15, 0.2) is 24.3 Å². The molecule has 0 radical (unpaired) electrons. The normalized spacial score (nSPS) is 14.5. The summed E-state index contributed by atoms with van der Waals surface area (Å²) < 4.78 is 17.8. The second-order valence-corrected chi connectivity index (χ2v) is 4.18. The maximum absolute atomic E-state index is 12.8. The Labute approximate surface area is 100 Å².